The molecule has 4 heteroatoms. The number of benzene rings is 2. The Morgan fingerprint density at radius 3 is 2.00 bits per heavy atom. The first-order valence-electron chi connectivity index (χ1n) is 12.3. The van der Waals surface area contributed by atoms with Crippen LogP contribution in [0.3, 0.4) is 0 Å². The number of hydrogen-bond donors (Lipinski definition) is 1. The number of amides is 1. The van der Waals surface area contributed by atoms with E-state index in [2.05, 4.69) is 65.9 Å². The Kier molecular flexibility index (Phi) is 8.75. The Morgan fingerprint density at radius 1 is 0.943 bits per heavy atom. The minimum atomic E-state index is -0.730. The van der Waals surface area contributed by atoms with Gasteiger partial charge in [0.15, 0.2) is 5.78 Å². The number of nitrogens with one attached hydrogen (secondary N) is 1. The molecule has 2 aromatic carbocycles. The summed E-state index contributed by atoms with van der Waals surface area (Å²) in [6, 6.07) is 10.5. The molecule has 0 aliphatic heterocycles. The number of ether oxygens (including phenoxy) is 1. The van der Waals surface area contributed by atoms with E-state index < -0.39 is 6.04 Å². The van der Waals surface area contributed by atoms with Gasteiger partial charge in [0.25, 0.3) is 5.91 Å². The van der Waals surface area contributed by atoms with Crippen LogP contribution in [0.2, 0.25) is 0 Å². The molecule has 0 saturated heterocycles. The van der Waals surface area contributed by atoms with Crippen molar-refractivity contribution in [2.75, 3.05) is 7.11 Å². The predicted molar refractivity (Wildman–Crippen MR) is 145 cm³/mol. The van der Waals surface area contributed by atoms with Crippen molar-refractivity contribution in [3.8, 4) is 5.75 Å². The number of rotatable bonds is 7. The van der Waals surface area contributed by atoms with E-state index in [0.29, 0.717) is 16.9 Å². The molecule has 0 spiro atoms. The molecule has 0 aliphatic carbocycles. The Hall–Kier alpha value is -2.88. The third kappa shape index (κ3) is 7.06. The molecule has 2 rings (SSSR count). The average molecular weight is 478 g/mol. The molecule has 2 aromatic rings. The van der Waals surface area contributed by atoms with E-state index in [1.807, 2.05) is 39.0 Å². The zero-order valence-corrected chi connectivity index (χ0v) is 23.4. The van der Waals surface area contributed by atoms with Crippen molar-refractivity contribution in [3.63, 3.8) is 0 Å². The summed E-state index contributed by atoms with van der Waals surface area (Å²) in [7, 11) is 1.59. The van der Waals surface area contributed by atoms with Crippen LogP contribution in [0.15, 0.2) is 48.0 Å². The minimum absolute atomic E-state index is 0.0512. The third-order valence-electron chi connectivity index (χ3n) is 6.80. The van der Waals surface area contributed by atoms with Crippen molar-refractivity contribution < 1.29 is 14.3 Å². The quantitative estimate of drug-likeness (QED) is 0.337. The van der Waals surface area contributed by atoms with Gasteiger partial charge in [-0.25, -0.2) is 0 Å². The molecule has 2 atom stereocenters. The Balaban J connectivity index is 2.67. The summed E-state index contributed by atoms with van der Waals surface area (Å²) in [6.45, 7) is 20.8. The summed E-state index contributed by atoms with van der Waals surface area (Å²) in [5, 5.41) is 3.14. The smallest absolute Gasteiger partial charge is 0.252 e. The minimum Gasteiger partial charge on any atom is -0.496 e. The fourth-order valence-electron chi connectivity index (χ4n) is 4.28. The normalized spacial score (nSPS) is 14.3. The van der Waals surface area contributed by atoms with Crippen molar-refractivity contribution >= 4 is 11.7 Å². The van der Waals surface area contributed by atoms with Gasteiger partial charge in [-0.1, -0.05) is 76.5 Å². The fourth-order valence-corrected chi connectivity index (χ4v) is 4.28. The molecule has 35 heavy (non-hydrogen) atoms. The lowest BCUT2D eigenvalue weighted by Gasteiger charge is -2.37. The lowest BCUT2D eigenvalue weighted by molar-refractivity contribution is 0.0787. The van der Waals surface area contributed by atoms with Gasteiger partial charge in [-0.05, 0) is 62.8 Å². The van der Waals surface area contributed by atoms with Gasteiger partial charge in [-0.15, -0.1) is 0 Å². The Labute approximate surface area is 212 Å². The van der Waals surface area contributed by atoms with Crippen LogP contribution in [0.4, 0.5) is 0 Å². The largest absolute Gasteiger partial charge is 0.496 e. The third-order valence-corrected chi connectivity index (χ3v) is 6.80. The van der Waals surface area contributed by atoms with E-state index in [9.17, 15) is 9.59 Å². The van der Waals surface area contributed by atoms with Crippen LogP contribution < -0.4 is 10.1 Å². The summed E-state index contributed by atoms with van der Waals surface area (Å²) in [5.74, 6) is 0.0688. The van der Waals surface area contributed by atoms with Gasteiger partial charge in [-0.3, -0.25) is 9.59 Å². The average Bonchev–Trinajstić information content (AvgIpc) is 2.73. The van der Waals surface area contributed by atoms with Crippen LogP contribution in [0.5, 0.6) is 5.75 Å². The van der Waals surface area contributed by atoms with E-state index in [1.54, 1.807) is 19.2 Å². The lowest BCUT2D eigenvalue weighted by atomic mass is 9.71. The number of ketones is 1. The number of hydrogen-bond acceptors (Lipinski definition) is 3. The summed E-state index contributed by atoms with van der Waals surface area (Å²) >= 11 is 0. The molecule has 0 aliphatic rings. The van der Waals surface area contributed by atoms with Crippen LogP contribution in [0.25, 0.3) is 0 Å². The number of carbonyl (C=O) groups is 2. The Bertz CT molecular complexity index is 1090. The molecule has 0 radical (unpaired) electrons. The number of aryl methyl sites for hydroxylation is 2. The second-order valence-corrected chi connectivity index (χ2v) is 11.8. The fraction of sp³-hybridized carbons (Fsp3) is 0.484. The van der Waals surface area contributed by atoms with Gasteiger partial charge in [0, 0.05) is 22.6 Å². The molecule has 0 fully saturated rings. The first-order valence-corrected chi connectivity index (χ1v) is 12.3. The first-order chi connectivity index (χ1) is 16.1. The maximum absolute atomic E-state index is 14.1. The van der Waals surface area contributed by atoms with Crippen LogP contribution in [0.1, 0.15) is 85.9 Å². The van der Waals surface area contributed by atoms with E-state index in [0.717, 1.165) is 16.7 Å². The highest BCUT2D eigenvalue weighted by atomic mass is 16.5. The SMILES string of the molecule is COc1cccc(C(=O)NC(C(=O)c2cc(C)cc(C)c2)C(C=C(C)C(C)(C)C)C(C)(C)C)c1C. The van der Waals surface area contributed by atoms with Gasteiger partial charge in [0.05, 0.1) is 13.2 Å². The molecule has 2 unspecified atom stereocenters. The molecule has 0 aromatic heterocycles. The van der Waals surface area contributed by atoms with Crippen molar-refractivity contribution in [2.24, 2.45) is 16.7 Å². The molecule has 1 amide bonds. The maximum Gasteiger partial charge on any atom is 0.252 e. The first kappa shape index (κ1) is 28.4. The lowest BCUT2D eigenvalue weighted by Crippen LogP contribution is -2.49. The second-order valence-electron chi connectivity index (χ2n) is 11.8. The van der Waals surface area contributed by atoms with E-state index >= 15 is 0 Å². The number of carbonyl (C=O) groups excluding carboxylic acids is 2. The van der Waals surface area contributed by atoms with Crippen LogP contribution in [0, 0.1) is 37.5 Å². The van der Waals surface area contributed by atoms with Crippen molar-refractivity contribution in [1.82, 2.24) is 5.32 Å². The second kappa shape index (κ2) is 10.8. The van der Waals surface area contributed by atoms with E-state index in [1.165, 1.54) is 5.57 Å². The molecule has 190 valence electrons. The highest BCUT2D eigenvalue weighted by molar-refractivity contribution is 6.05. The molecular weight excluding hydrogens is 434 g/mol. The van der Waals surface area contributed by atoms with Gasteiger partial charge in [-0.2, -0.15) is 0 Å². The van der Waals surface area contributed by atoms with Crippen molar-refractivity contribution in [2.45, 2.75) is 75.3 Å². The molecule has 0 heterocycles. The van der Waals surface area contributed by atoms with E-state index in [4.69, 9.17) is 4.74 Å². The monoisotopic (exact) mass is 477 g/mol. The predicted octanol–water partition coefficient (Wildman–Crippen LogP) is 7.26. The van der Waals surface area contributed by atoms with E-state index in [-0.39, 0.29) is 28.4 Å². The molecule has 4 nitrogen and oxygen atoms in total. The molecule has 0 bridgehead atoms. The zero-order valence-electron chi connectivity index (χ0n) is 23.4. The van der Waals surface area contributed by atoms with Crippen molar-refractivity contribution in [3.05, 3.63) is 75.9 Å². The number of Topliss-reactive ketones (excluding diaryl/α,β-unsaturated/α-hetero) is 1. The molecule has 1 N–H and O–H groups in total. The van der Waals surface area contributed by atoms with Crippen molar-refractivity contribution in [1.29, 1.82) is 0 Å². The van der Waals surface area contributed by atoms with Gasteiger partial charge in [0.2, 0.25) is 0 Å². The van der Waals surface area contributed by atoms with Crippen LogP contribution >= 0.6 is 0 Å². The van der Waals surface area contributed by atoms with Gasteiger partial charge in [0.1, 0.15) is 5.75 Å². The summed E-state index contributed by atoms with van der Waals surface area (Å²) in [4.78, 5) is 27.7. The summed E-state index contributed by atoms with van der Waals surface area (Å²) < 4.78 is 5.42. The Morgan fingerprint density at radius 2 is 1.51 bits per heavy atom. The highest BCUT2D eigenvalue weighted by Gasteiger charge is 2.38. The maximum atomic E-state index is 14.1. The topological polar surface area (TPSA) is 55.4 Å². The molecular formula is C31H43NO3. The van der Waals surface area contributed by atoms with Gasteiger partial charge < -0.3 is 10.1 Å². The number of methoxy groups -OCH3 is 1. The summed E-state index contributed by atoms with van der Waals surface area (Å²) in [6.07, 6.45) is 2.18. The highest BCUT2D eigenvalue weighted by Crippen LogP contribution is 2.36. The number of allylic oxidation sites excluding steroid dienone is 1. The standard InChI is InChI=1S/C31H43NO3/c1-19-15-20(2)17-23(16-19)28(33)27(25(31(8,9)10)18-21(3)30(5,6)7)32-29(34)24-13-12-14-26(35-11)22(24)4/h12-18,25,27H,1-11H3,(H,32,34). The van der Waals surface area contributed by atoms with Crippen LogP contribution in [-0.2, 0) is 0 Å². The molecule has 0 saturated carbocycles. The zero-order chi connectivity index (χ0) is 26.7. The summed E-state index contributed by atoms with van der Waals surface area (Å²) in [5.41, 5.74) is 4.78. The van der Waals surface area contributed by atoms with Gasteiger partial charge >= 0.3 is 0 Å². The van der Waals surface area contributed by atoms with Crippen LogP contribution in [-0.4, -0.2) is 24.8 Å².